The minimum absolute atomic E-state index is 0.308. The molecule has 0 aliphatic carbocycles. The van der Waals surface area contributed by atoms with Crippen molar-refractivity contribution in [3.8, 4) is 11.5 Å². The fourth-order valence-electron chi connectivity index (χ4n) is 4.85. The van der Waals surface area contributed by atoms with Gasteiger partial charge in [-0.05, 0) is 54.6 Å². The molecule has 4 atom stereocenters. The molecule has 2 aromatic rings. The third kappa shape index (κ3) is 3.37. The Balaban J connectivity index is 1.50. The van der Waals surface area contributed by atoms with Crippen molar-refractivity contribution in [3.63, 3.8) is 0 Å². The van der Waals surface area contributed by atoms with Gasteiger partial charge in [-0.25, -0.2) is 4.90 Å². The van der Waals surface area contributed by atoms with Crippen molar-refractivity contribution in [2.24, 2.45) is 16.9 Å². The highest BCUT2D eigenvalue weighted by Crippen LogP contribution is 2.46. The van der Waals surface area contributed by atoms with Gasteiger partial charge >= 0.3 is 5.97 Å². The van der Waals surface area contributed by atoms with Crippen molar-refractivity contribution < 1.29 is 28.7 Å². The second-order valence-electron chi connectivity index (χ2n) is 8.21. The number of carbonyl (C=O) groups excluding carboxylic acids is 4. The number of fused-ring (bicyclic) bond motifs is 3. The summed E-state index contributed by atoms with van der Waals surface area (Å²) in [6.07, 6.45) is 5.05. The largest absolute Gasteiger partial charge is 0.497 e. The topological polar surface area (TPSA) is 106 Å². The molecule has 0 bridgehead atoms. The molecule has 5 rings (SSSR count). The first-order chi connectivity index (χ1) is 16.4. The highest BCUT2D eigenvalue weighted by molar-refractivity contribution is 6.24. The molecule has 0 spiro atoms. The Morgan fingerprint density at radius 1 is 0.912 bits per heavy atom. The number of amides is 2. The van der Waals surface area contributed by atoms with Crippen LogP contribution in [-0.2, 0) is 14.4 Å². The van der Waals surface area contributed by atoms with Gasteiger partial charge in [0.15, 0.2) is 5.78 Å². The smallest absolute Gasteiger partial charge is 0.308 e. The third-order valence-electron chi connectivity index (χ3n) is 6.29. The predicted molar refractivity (Wildman–Crippen MR) is 122 cm³/mol. The standard InChI is InChI=1S/C25H21N3O6/c1-14(29)34-18-9-5-15(6-10-18)23(30)22-21-20(19-4-3-13-26-28(19)22)24(31)27(25(21)32)16-7-11-17(33-2)12-8-16/h3-13,19-22H,1-2H3/t19-,20-,21-,22+/m0/s1. The number of allylic oxidation sites excluding steroid dienone is 1. The number of hydrogen-bond donors (Lipinski definition) is 0. The Bertz CT molecular complexity index is 1230. The number of hydrogen-bond acceptors (Lipinski definition) is 8. The van der Waals surface area contributed by atoms with Crippen LogP contribution in [-0.4, -0.2) is 54.0 Å². The fourth-order valence-corrected chi connectivity index (χ4v) is 4.85. The zero-order chi connectivity index (χ0) is 24.0. The third-order valence-corrected chi connectivity index (χ3v) is 6.29. The molecule has 0 N–H and O–H groups in total. The molecule has 9 nitrogen and oxygen atoms in total. The lowest BCUT2D eigenvalue weighted by molar-refractivity contribution is -0.132. The molecule has 3 heterocycles. The fraction of sp³-hybridized carbons (Fsp3) is 0.240. The van der Waals surface area contributed by atoms with Gasteiger partial charge in [0.1, 0.15) is 17.5 Å². The molecule has 9 heteroatoms. The molecular weight excluding hydrogens is 438 g/mol. The molecule has 172 valence electrons. The van der Waals surface area contributed by atoms with E-state index in [1.807, 2.05) is 0 Å². The van der Waals surface area contributed by atoms with Crippen LogP contribution in [0.2, 0.25) is 0 Å². The van der Waals surface area contributed by atoms with E-state index < -0.39 is 35.8 Å². The lowest BCUT2D eigenvalue weighted by Crippen LogP contribution is -2.46. The molecule has 2 saturated heterocycles. The summed E-state index contributed by atoms with van der Waals surface area (Å²) >= 11 is 0. The normalized spacial score (nSPS) is 24.8. The van der Waals surface area contributed by atoms with Crippen molar-refractivity contribution in [3.05, 3.63) is 66.2 Å². The Kier molecular flexibility index (Phi) is 5.24. The monoisotopic (exact) mass is 459 g/mol. The van der Waals surface area contributed by atoms with E-state index >= 15 is 0 Å². The SMILES string of the molecule is COc1ccc(N2C(=O)[C@@H]3[C@H](C2=O)[C@H](C(=O)c2ccc(OC(C)=O)cc2)N2N=CC=C[C@@H]32)cc1. The lowest BCUT2D eigenvalue weighted by Gasteiger charge is -2.30. The number of ketones is 1. The molecule has 0 saturated carbocycles. The van der Waals surface area contributed by atoms with Crippen LogP contribution in [0.25, 0.3) is 0 Å². The van der Waals surface area contributed by atoms with E-state index in [1.165, 1.54) is 44.5 Å². The van der Waals surface area contributed by atoms with Crippen molar-refractivity contribution >= 4 is 35.5 Å². The summed E-state index contributed by atoms with van der Waals surface area (Å²) in [6.45, 7) is 1.29. The molecule has 0 aromatic heterocycles. The number of nitrogens with zero attached hydrogens (tertiary/aromatic N) is 3. The Morgan fingerprint density at radius 3 is 2.21 bits per heavy atom. The van der Waals surface area contributed by atoms with E-state index in [0.29, 0.717) is 22.7 Å². The highest BCUT2D eigenvalue weighted by atomic mass is 16.5. The number of anilines is 1. The van der Waals surface area contributed by atoms with Gasteiger partial charge in [0.05, 0.1) is 30.7 Å². The number of hydrazone groups is 1. The van der Waals surface area contributed by atoms with E-state index in [0.717, 1.165) is 4.90 Å². The van der Waals surface area contributed by atoms with E-state index in [1.54, 1.807) is 41.4 Å². The first-order valence-electron chi connectivity index (χ1n) is 10.7. The number of methoxy groups -OCH3 is 1. The van der Waals surface area contributed by atoms with Crippen LogP contribution >= 0.6 is 0 Å². The van der Waals surface area contributed by atoms with E-state index in [4.69, 9.17) is 9.47 Å². The van der Waals surface area contributed by atoms with Crippen LogP contribution in [0.1, 0.15) is 17.3 Å². The number of imide groups is 1. The van der Waals surface area contributed by atoms with Gasteiger partial charge in [-0.3, -0.25) is 24.2 Å². The summed E-state index contributed by atoms with van der Waals surface area (Å²) in [5.41, 5.74) is 0.755. The second kappa shape index (κ2) is 8.26. The van der Waals surface area contributed by atoms with Gasteiger partial charge in [0.2, 0.25) is 11.8 Å². The van der Waals surface area contributed by atoms with Gasteiger partial charge in [0, 0.05) is 18.7 Å². The molecular formula is C25H21N3O6. The Labute approximate surface area is 195 Å². The van der Waals surface area contributed by atoms with Crippen molar-refractivity contribution in [2.75, 3.05) is 12.0 Å². The average Bonchev–Trinajstić information content (AvgIpc) is 3.31. The van der Waals surface area contributed by atoms with Gasteiger partial charge in [-0.1, -0.05) is 6.08 Å². The first kappa shape index (κ1) is 21.6. The van der Waals surface area contributed by atoms with Crippen molar-refractivity contribution in [2.45, 2.75) is 19.0 Å². The molecule has 2 amide bonds. The van der Waals surface area contributed by atoms with Crippen LogP contribution in [0.4, 0.5) is 5.69 Å². The first-order valence-corrected chi connectivity index (χ1v) is 10.7. The number of Topliss-reactive ketones (excluding diaryl/α,β-unsaturated/α-hetero) is 1. The van der Waals surface area contributed by atoms with E-state index in [-0.39, 0.29) is 11.7 Å². The van der Waals surface area contributed by atoms with Gasteiger partial charge < -0.3 is 9.47 Å². The summed E-state index contributed by atoms with van der Waals surface area (Å²) in [7, 11) is 1.53. The summed E-state index contributed by atoms with van der Waals surface area (Å²) < 4.78 is 10.2. The van der Waals surface area contributed by atoms with Gasteiger partial charge in [-0.2, -0.15) is 5.10 Å². The van der Waals surface area contributed by atoms with E-state index in [9.17, 15) is 19.2 Å². The molecule has 2 fully saturated rings. The highest BCUT2D eigenvalue weighted by Gasteiger charge is 2.64. The van der Waals surface area contributed by atoms with Crippen LogP contribution in [0.3, 0.4) is 0 Å². The zero-order valence-corrected chi connectivity index (χ0v) is 18.5. The van der Waals surface area contributed by atoms with Crippen molar-refractivity contribution in [1.29, 1.82) is 0 Å². The van der Waals surface area contributed by atoms with Gasteiger partial charge in [-0.15, -0.1) is 0 Å². The minimum Gasteiger partial charge on any atom is -0.497 e. The lowest BCUT2D eigenvalue weighted by atomic mass is 9.86. The zero-order valence-electron chi connectivity index (χ0n) is 18.5. The molecule has 3 aliphatic heterocycles. The number of benzene rings is 2. The molecule has 0 radical (unpaired) electrons. The number of rotatable bonds is 5. The molecule has 34 heavy (non-hydrogen) atoms. The predicted octanol–water partition coefficient (Wildman–Crippen LogP) is 2.22. The van der Waals surface area contributed by atoms with Crippen LogP contribution in [0, 0.1) is 11.8 Å². The second-order valence-corrected chi connectivity index (χ2v) is 8.21. The summed E-state index contributed by atoms with van der Waals surface area (Å²) in [6, 6.07) is 11.3. The van der Waals surface area contributed by atoms with Crippen LogP contribution < -0.4 is 14.4 Å². The summed E-state index contributed by atoms with van der Waals surface area (Å²) in [5, 5.41) is 5.89. The van der Waals surface area contributed by atoms with Crippen molar-refractivity contribution in [1.82, 2.24) is 5.01 Å². The quantitative estimate of drug-likeness (QED) is 0.292. The maximum atomic E-state index is 13.6. The number of carbonyl (C=O) groups is 4. The average molecular weight is 459 g/mol. The van der Waals surface area contributed by atoms with Crippen LogP contribution in [0.15, 0.2) is 65.8 Å². The minimum atomic E-state index is -0.949. The Morgan fingerprint density at radius 2 is 1.56 bits per heavy atom. The molecule has 3 aliphatic rings. The molecule has 0 unspecified atom stereocenters. The maximum absolute atomic E-state index is 13.6. The summed E-state index contributed by atoms with van der Waals surface area (Å²) in [4.78, 5) is 53.0. The Hall–Kier alpha value is -4.27. The van der Waals surface area contributed by atoms with Crippen LogP contribution in [0.5, 0.6) is 11.5 Å². The number of esters is 1. The van der Waals surface area contributed by atoms with Gasteiger partial charge in [0.25, 0.3) is 0 Å². The van der Waals surface area contributed by atoms with E-state index in [2.05, 4.69) is 5.10 Å². The number of ether oxygens (including phenoxy) is 2. The maximum Gasteiger partial charge on any atom is 0.308 e. The summed E-state index contributed by atoms with van der Waals surface area (Å²) in [5.74, 6) is -2.32. The molecule has 2 aromatic carbocycles.